The zero-order valence-electron chi connectivity index (χ0n) is 19.0. The fourth-order valence-electron chi connectivity index (χ4n) is 3.65. The molecule has 0 spiro atoms. The third-order valence-corrected chi connectivity index (χ3v) is 7.69. The first-order chi connectivity index (χ1) is 15.9. The second kappa shape index (κ2) is 9.80. The van der Waals surface area contributed by atoms with Crippen molar-refractivity contribution in [3.8, 4) is 11.4 Å². The minimum Gasteiger partial charge on any atom is -0.497 e. The van der Waals surface area contributed by atoms with Crippen molar-refractivity contribution in [2.45, 2.75) is 32.3 Å². The van der Waals surface area contributed by atoms with Crippen molar-refractivity contribution in [2.75, 3.05) is 18.2 Å². The van der Waals surface area contributed by atoms with Crippen LogP contribution in [0.2, 0.25) is 0 Å². The maximum Gasteiger partial charge on any atom is 0.267 e. The lowest BCUT2D eigenvalue weighted by atomic mass is 10.2. The maximum absolute atomic E-state index is 13.7. The molecule has 0 aliphatic rings. The predicted octanol–water partition coefficient (Wildman–Crippen LogP) is 5.37. The largest absolute Gasteiger partial charge is 0.497 e. The average Bonchev–Trinajstić information content (AvgIpc) is 3.14. The molecular weight excluding hydrogens is 454 g/mol. The number of para-hydroxylation sites is 1. The molecule has 6 nitrogen and oxygen atoms in total. The minimum atomic E-state index is -0.155. The number of ether oxygens (including phenoxy) is 1. The van der Waals surface area contributed by atoms with Gasteiger partial charge in [-0.15, -0.1) is 11.3 Å². The van der Waals surface area contributed by atoms with E-state index in [4.69, 9.17) is 9.72 Å². The number of thiophene rings is 1. The number of aromatic nitrogens is 2. The Bertz CT molecular complexity index is 1390. The van der Waals surface area contributed by atoms with Gasteiger partial charge in [-0.25, -0.2) is 4.98 Å². The molecule has 0 aliphatic heterocycles. The number of rotatable bonds is 7. The number of anilines is 1. The van der Waals surface area contributed by atoms with Crippen LogP contribution in [0.3, 0.4) is 0 Å². The smallest absolute Gasteiger partial charge is 0.267 e. The van der Waals surface area contributed by atoms with Crippen molar-refractivity contribution in [3.05, 3.63) is 74.9 Å². The second-order valence-electron chi connectivity index (χ2n) is 7.57. The minimum absolute atomic E-state index is 0.126. The third kappa shape index (κ3) is 4.67. The van der Waals surface area contributed by atoms with Gasteiger partial charge in [-0.3, -0.25) is 14.2 Å². The molecule has 1 amide bonds. The number of carbonyl (C=O) groups excluding carboxylic acids is 1. The molecule has 0 fully saturated rings. The van der Waals surface area contributed by atoms with Gasteiger partial charge in [-0.1, -0.05) is 43.0 Å². The van der Waals surface area contributed by atoms with Crippen LogP contribution in [0.15, 0.2) is 58.5 Å². The highest BCUT2D eigenvalue weighted by molar-refractivity contribution is 7.99. The Hall–Kier alpha value is -3.10. The number of thioether (sulfide) groups is 1. The fraction of sp³-hybridized carbons (Fsp3) is 0.240. The average molecular weight is 480 g/mol. The van der Waals surface area contributed by atoms with Crippen LogP contribution in [0.25, 0.3) is 15.9 Å². The molecule has 0 bridgehead atoms. The van der Waals surface area contributed by atoms with Crippen LogP contribution in [0.5, 0.6) is 5.75 Å². The molecule has 1 N–H and O–H groups in total. The lowest BCUT2D eigenvalue weighted by Crippen LogP contribution is -2.23. The molecule has 2 aromatic heterocycles. The van der Waals surface area contributed by atoms with Crippen molar-refractivity contribution < 1.29 is 9.53 Å². The highest BCUT2D eigenvalue weighted by atomic mass is 32.2. The number of hydrogen-bond acceptors (Lipinski definition) is 6. The van der Waals surface area contributed by atoms with E-state index in [0.29, 0.717) is 26.8 Å². The summed E-state index contributed by atoms with van der Waals surface area (Å²) in [5, 5.41) is 4.05. The van der Waals surface area contributed by atoms with Gasteiger partial charge in [0.25, 0.3) is 5.56 Å². The molecular formula is C25H25N3O3S2. The van der Waals surface area contributed by atoms with Gasteiger partial charge < -0.3 is 10.1 Å². The quantitative estimate of drug-likeness (QED) is 0.285. The molecule has 4 aromatic rings. The summed E-state index contributed by atoms with van der Waals surface area (Å²) in [6.07, 6.45) is 0.840. The molecule has 2 heterocycles. The van der Waals surface area contributed by atoms with Crippen molar-refractivity contribution in [3.63, 3.8) is 0 Å². The molecule has 2 aromatic carbocycles. The molecule has 4 rings (SSSR count). The standard InChI is InChI=1S/C25H25N3O3S2/c1-5-20-16(3)22-23(33-20)27-25(28(24(22)30)17-10-8-11-18(13-17)31-4)32-14-21(29)26-19-12-7-6-9-15(19)2/h6-13H,5,14H2,1-4H3,(H,26,29). The Labute approximate surface area is 200 Å². The van der Waals surface area contributed by atoms with E-state index in [9.17, 15) is 9.59 Å². The highest BCUT2D eigenvalue weighted by Gasteiger charge is 2.20. The van der Waals surface area contributed by atoms with Crippen LogP contribution >= 0.6 is 23.1 Å². The molecule has 0 unspecified atom stereocenters. The molecule has 170 valence electrons. The molecule has 33 heavy (non-hydrogen) atoms. The van der Waals surface area contributed by atoms with Gasteiger partial charge in [-0.2, -0.15) is 0 Å². The number of aryl methyl sites for hydroxylation is 3. The summed E-state index contributed by atoms with van der Waals surface area (Å²) in [7, 11) is 1.59. The zero-order valence-corrected chi connectivity index (χ0v) is 20.6. The van der Waals surface area contributed by atoms with Gasteiger partial charge >= 0.3 is 0 Å². The number of methoxy groups -OCH3 is 1. The van der Waals surface area contributed by atoms with E-state index in [2.05, 4.69) is 12.2 Å². The summed E-state index contributed by atoms with van der Waals surface area (Å²) in [5.41, 5.74) is 3.26. The van der Waals surface area contributed by atoms with Crippen LogP contribution in [0.1, 0.15) is 22.9 Å². The van der Waals surface area contributed by atoms with E-state index in [1.807, 2.05) is 56.3 Å². The number of hydrogen-bond donors (Lipinski definition) is 1. The van der Waals surface area contributed by atoms with E-state index in [1.54, 1.807) is 17.7 Å². The van der Waals surface area contributed by atoms with E-state index in [-0.39, 0.29) is 17.2 Å². The second-order valence-corrected chi connectivity index (χ2v) is 9.60. The van der Waals surface area contributed by atoms with Gasteiger partial charge in [0.05, 0.1) is 23.9 Å². The molecule has 0 atom stereocenters. The van der Waals surface area contributed by atoms with Crippen LogP contribution in [-0.4, -0.2) is 28.3 Å². The van der Waals surface area contributed by atoms with Crippen LogP contribution in [-0.2, 0) is 11.2 Å². The molecule has 0 aliphatic carbocycles. The van der Waals surface area contributed by atoms with Crippen molar-refractivity contribution in [2.24, 2.45) is 0 Å². The normalized spacial score (nSPS) is 11.0. The first-order valence-corrected chi connectivity index (χ1v) is 12.4. The number of fused-ring (bicyclic) bond motifs is 1. The summed E-state index contributed by atoms with van der Waals surface area (Å²) in [5.74, 6) is 0.614. The Morgan fingerprint density at radius 1 is 1.18 bits per heavy atom. The summed E-state index contributed by atoms with van der Waals surface area (Å²) in [6, 6.07) is 14.9. The topological polar surface area (TPSA) is 73.2 Å². The Balaban J connectivity index is 1.75. The maximum atomic E-state index is 13.7. The lowest BCUT2D eigenvalue weighted by Gasteiger charge is -2.13. The van der Waals surface area contributed by atoms with Gasteiger partial charge in [-0.05, 0) is 49.6 Å². The number of nitrogens with zero attached hydrogens (tertiary/aromatic N) is 2. The summed E-state index contributed by atoms with van der Waals surface area (Å²) >= 11 is 2.79. The first-order valence-electron chi connectivity index (χ1n) is 10.6. The van der Waals surface area contributed by atoms with E-state index in [1.165, 1.54) is 23.1 Å². The fourth-order valence-corrected chi connectivity index (χ4v) is 5.62. The predicted molar refractivity (Wildman–Crippen MR) is 136 cm³/mol. The Kier molecular flexibility index (Phi) is 6.85. The molecule has 0 radical (unpaired) electrons. The van der Waals surface area contributed by atoms with Gasteiger partial charge in [0.15, 0.2) is 5.16 Å². The van der Waals surface area contributed by atoms with Gasteiger partial charge in [0, 0.05) is 16.6 Å². The molecule has 8 heteroatoms. The van der Waals surface area contributed by atoms with Crippen molar-refractivity contribution >= 4 is 44.9 Å². The lowest BCUT2D eigenvalue weighted by molar-refractivity contribution is -0.113. The van der Waals surface area contributed by atoms with Crippen LogP contribution in [0, 0.1) is 13.8 Å². The van der Waals surface area contributed by atoms with Crippen molar-refractivity contribution in [1.29, 1.82) is 0 Å². The Morgan fingerprint density at radius 2 is 1.97 bits per heavy atom. The number of nitrogens with one attached hydrogen (secondary N) is 1. The summed E-state index contributed by atoms with van der Waals surface area (Å²) in [6.45, 7) is 5.99. The van der Waals surface area contributed by atoms with Gasteiger partial charge in [0.1, 0.15) is 10.6 Å². The van der Waals surface area contributed by atoms with E-state index in [0.717, 1.165) is 28.1 Å². The number of carbonyl (C=O) groups is 1. The van der Waals surface area contributed by atoms with Crippen LogP contribution in [0.4, 0.5) is 5.69 Å². The zero-order chi connectivity index (χ0) is 23.5. The van der Waals surface area contributed by atoms with Crippen LogP contribution < -0.4 is 15.6 Å². The summed E-state index contributed by atoms with van der Waals surface area (Å²) < 4.78 is 6.94. The number of amides is 1. The van der Waals surface area contributed by atoms with Crippen molar-refractivity contribution in [1.82, 2.24) is 9.55 Å². The van der Waals surface area contributed by atoms with E-state index < -0.39 is 0 Å². The number of benzene rings is 2. The van der Waals surface area contributed by atoms with E-state index >= 15 is 0 Å². The Morgan fingerprint density at radius 3 is 2.70 bits per heavy atom. The summed E-state index contributed by atoms with van der Waals surface area (Å²) in [4.78, 5) is 33.0. The molecule has 0 saturated heterocycles. The third-order valence-electron chi connectivity index (χ3n) is 5.42. The highest BCUT2D eigenvalue weighted by Crippen LogP contribution is 2.31. The monoisotopic (exact) mass is 479 g/mol. The first kappa shape index (κ1) is 23.1. The molecule has 0 saturated carbocycles. The SMILES string of the molecule is CCc1sc2nc(SCC(=O)Nc3ccccc3C)n(-c3cccc(OC)c3)c(=O)c2c1C. The van der Waals surface area contributed by atoms with Gasteiger partial charge in [0.2, 0.25) is 5.91 Å².